The molecule has 1 aliphatic heterocycles. The van der Waals surface area contributed by atoms with Gasteiger partial charge in [-0.05, 0) is 43.4 Å². The average molecular weight is 406 g/mol. The lowest BCUT2D eigenvalue weighted by atomic mass is 10.1. The third-order valence-electron chi connectivity index (χ3n) is 5.02. The van der Waals surface area contributed by atoms with Crippen LogP contribution in [0.5, 0.6) is 0 Å². The van der Waals surface area contributed by atoms with E-state index in [0.29, 0.717) is 11.4 Å². The number of urea groups is 1. The SMILES string of the molecule is CN1CCN(c2ccc(-c3cccc(NC(=O)Nc4ccccc4F)c3)nn2)CC1. The second-order valence-corrected chi connectivity index (χ2v) is 7.21. The van der Waals surface area contributed by atoms with Crippen molar-refractivity contribution in [2.45, 2.75) is 0 Å². The summed E-state index contributed by atoms with van der Waals surface area (Å²) in [5.74, 6) is 0.377. The van der Waals surface area contributed by atoms with Gasteiger partial charge in [-0.1, -0.05) is 24.3 Å². The maximum absolute atomic E-state index is 13.7. The largest absolute Gasteiger partial charge is 0.353 e. The number of carbonyl (C=O) groups is 1. The second-order valence-electron chi connectivity index (χ2n) is 7.21. The Labute approximate surface area is 174 Å². The third-order valence-corrected chi connectivity index (χ3v) is 5.02. The van der Waals surface area contributed by atoms with E-state index in [-0.39, 0.29) is 5.69 Å². The molecule has 4 rings (SSSR count). The molecule has 1 aromatic heterocycles. The molecule has 1 aliphatic rings. The number of likely N-dealkylation sites (N-methyl/N-ethyl adjacent to an activating group) is 1. The molecule has 2 aromatic carbocycles. The van der Waals surface area contributed by atoms with Gasteiger partial charge in [0.15, 0.2) is 5.82 Å². The van der Waals surface area contributed by atoms with Crippen molar-refractivity contribution in [3.05, 3.63) is 66.5 Å². The number of benzene rings is 2. The summed E-state index contributed by atoms with van der Waals surface area (Å²) in [6, 6.07) is 16.7. The summed E-state index contributed by atoms with van der Waals surface area (Å²) in [6.45, 7) is 3.88. The highest BCUT2D eigenvalue weighted by Gasteiger charge is 2.16. The molecule has 0 bridgehead atoms. The van der Waals surface area contributed by atoms with Crippen LogP contribution in [-0.2, 0) is 0 Å². The van der Waals surface area contributed by atoms with Crippen molar-refractivity contribution in [1.82, 2.24) is 15.1 Å². The van der Waals surface area contributed by atoms with Crippen LogP contribution in [-0.4, -0.2) is 54.4 Å². The number of aromatic nitrogens is 2. The van der Waals surface area contributed by atoms with Crippen LogP contribution in [0.15, 0.2) is 60.7 Å². The smallest absolute Gasteiger partial charge is 0.323 e. The van der Waals surface area contributed by atoms with E-state index in [4.69, 9.17) is 0 Å². The molecule has 2 amide bonds. The van der Waals surface area contributed by atoms with Crippen molar-refractivity contribution in [1.29, 1.82) is 0 Å². The first-order chi connectivity index (χ1) is 14.6. The van der Waals surface area contributed by atoms with Crippen molar-refractivity contribution < 1.29 is 9.18 Å². The summed E-state index contributed by atoms with van der Waals surface area (Å²) < 4.78 is 13.7. The van der Waals surface area contributed by atoms with Gasteiger partial charge in [0.2, 0.25) is 0 Å². The van der Waals surface area contributed by atoms with E-state index in [0.717, 1.165) is 37.6 Å². The van der Waals surface area contributed by atoms with Crippen LogP contribution in [0.3, 0.4) is 0 Å². The first-order valence-corrected chi connectivity index (χ1v) is 9.79. The topological polar surface area (TPSA) is 73.4 Å². The minimum absolute atomic E-state index is 0.122. The number of nitrogens with one attached hydrogen (secondary N) is 2. The Morgan fingerprint density at radius 1 is 0.933 bits per heavy atom. The molecule has 0 radical (unpaired) electrons. The Kier molecular flexibility index (Phi) is 5.85. The predicted octanol–water partition coefficient (Wildman–Crippen LogP) is 3.68. The van der Waals surface area contributed by atoms with Gasteiger partial charge in [0.25, 0.3) is 0 Å². The van der Waals surface area contributed by atoms with Gasteiger partial charge in [0, 0.05) is 37.4 Å². The van der Waals surface area contributed by atoms with E-state index in [1.54, 1.807) is 24.3 Å². The Morgan fingerprint density at radius 3 is 2.47 bits per heavy atom. The van der Waals surface area contributed by atoms with Gasteiger partial charge >= 0.3 is 6.03 Å². The quantitative estimate of drug-likeness (QED) is 0.692. The zero-order valence-corrected chi connectivity index (χ0v) is 16.7. The normalized spacial score (nSPS) is 14.4. The number of hydrogen-bond acceptors (Lipinski definition) is 5. The van der Waals surface area contributed by atoms with Crippen LogP contribution in [0, 0.1) is 5.82 Å². The third kappa shape index (κ3) is 4.72. The van der Waals surface area contributed by atoms with Crippen LogP contribution in [0.25, 0.3) is 11.3 Å². The summed E-state index contributed by atoms with van der Waals surface area (Å²) in [6.07, 6.45) is 0. The minimum Gasteiger partial charge on any atom is -0.353 e. The minimum atomic E-state index is -0.520. The number of para-hydroxylation sites is 1. The number of amides is 2. The van der Waals surface area contributed by atoms with Crippen molar-refractivity contribution in [2.75, 3.05) is 48.8 Å². The van der Waals surface area contributed by atoms with Gasteiger partial charge in [0.05, 0.1) is 11.4 Å². The molecule has 30 heavy (non-hydrogen) atoms. The summed E-state index contributed by atoms with van der Waals surface area (Å²) in [7, 11) is 2.11. The van der Waals surface area contributed by atoms with E-state index in [1.165, 1.54) is 12.1 Å². The van der Waals surface area contributed by atoms with E-state index in [1.807, 2.05) is 24.3 Å². The molecule has 0 saturated carbocycles. The molecule has 154 valence electrons. The average Bonchev–Trinajstić information content (AvgIpc) is 2.76. The number of nitrogens with zero attached hydrogens (tertiary/aromatic N) is 4. The first kappa shape index (κ1) is 19.8. The molecule has 3 aromatic rings. The monoisotopic (exact) mass is 406 g/mol. The van der Waals surface area contributed by atoms with Crippen molar-refractivity contribution in [3.8, 4) is 11.3 Å². The lowest BCUT2D eigenvalue weighted by Crippen LogP contribution is -2.44. The molecule has 0 spiro atoms. The highest BCUT2D eigenvalue weighted by Crippen LogP contribution is 2.22. The number of piperazine rings is 1. The molecule has 1 fully saturated rings. The van der Waals surface area contributed by atoms with Crippen LogP contribution < -0.4 is 15.5 Å². The number of anilines is 3. The number of halogens is 1. The Bertz CT molecular complexity index is 1020. The van der Waals surface area contributed by atoms with E-state index in [2.05, 4.69) is 37.7 Å². The lowest BCUT2D eigenvalue weighted by Gasteiger charge is -2.32. The molecule has 0 unspecified atom stereocenters. The van der Waals surface area contributed by atoms with Crippen LogP contribution in [0.2, 0.25) is 0 Å². The van der Waals surface area contributed by atoms with Crippen LogP contribution in [0.4, 0.5) is 26.4 Å². The standard InChI is InChI=1S/C22H23FN6O/c1-28-11-13-29(14-12-28)21-10-9-19(26-27-21)16-5-4-6-17(15-16)24-22(30)25-20-8-3-2-7-18(20)23/h2-10,15H,11-14H2,1H3,(H2,24,25,30). The summed E-state index contributed by atoms with van der Waals surface area (Å²) in [5.41, 5.74) is 2.24. The van der Waals surface area contributed by atoms with Crippen LogP contribution >= 0.6 is 0 Å². The van der Waals surface area contributed by atoms with Crippen molar-refractivity contribution in [2.24, 2.45) is 0 Å². The molecule has 2 N–H and O–H groups in total. The molecule has 1 saturated heterocycles. The second kappa shape index (κ2) is 8.87. The number of rotatable bonds is 4. The lowest BCUT2D eigenvalue weighted by molar-refractivity contribution is 0.262. The molecule has 0 atom stereocenters. The van der Waals surface area contributed by atoms with Gasteiger partial charge in [0.1, 0.15) is 5.82 Å². The summed E-state index contributed by atoms with van der Waals surface area (Å²) in [4.78, 5) is 16.7. The van der Waals surface area contributed by atoms with Crippen LogP contribution in [0.1, 0.15) is 0 Å². The van der Waals surface area contributed by atoms with Gasteiger partial charge in [-0.3, -0.25) is 0 Å². The maximum Gasteiger partial charge on any atom is 0.323 e. The molecular formula is C22H23FN6O. The van der Waals surface area contributed by atoms with Crippen molar-refractivity contribution >= 4 is 23.2 Å². The number of carbonyl (C=O) groups excluding carboxylic acids is 1. The fraction of sp³-hybridized carbons (Fsp3) is 0.227. The number of hydrogen-bond donors (Lipinski definition) is 2. The maximum atomic E-state index is 13.7. The molecule has 8 heteroatoms. The predicted molar refractivity (Wildman–Crippen MR) is 116 cm³/mol. The van der Waals surface area contributed by atoms with Crippen molar-refractivity contribution in [3.63, 3.8) is 0 Å². The fourth-order valence-electron chi connectivity index (χ4n) is 3.29. The highest BCUT2D eigenvalue weighted by molar-refractivity contribution is 6.00. The highest BCUT2D eigenvalue weighted by atomic mass is 19.1. The molecule has 2 heterocycles. The van der Waals surface area contributed by atoms with E-state index >= 15 is 0 Å². The van der Waals surface area contributed by atoms with Gasteiger partial charge in [-0.25, -0.2) is 9.18 Å². The Balaban J connectivity index is 1.43. The summed E-state index contributed by atoms with van der Waals surface area (Å²) >= 11 is 0. The fourth-order valence-corrected chi connectivity index (χ4v) is 3.29. The van der Waals surface area contributed by atoms with Gasteiger partial charge in [-0.2, -0.15) is 0 Å². The van der Waals surface area contributed by atoms with Gasteiger partial charge in [-0.15, -0.1) is 10.2 Å². The zero-order valence-electron chi connectivity index (χ0n) is 16.7. The molecular weight excluding hydrogens is 383 g/mol. The first-order valence-electron chi connectivity index (χ1n) is 9.79. The molecule has 0 aliphatic carbocycles. The molecule has 7 nitrogen and oxygen atoms in total. The van der Waals surface area contributed by atoms with E-state index in [9.17, 15) is 9.18 Å². The zero-order chi connectivity index (χ0) is 20.9. The van der Waals surface area contributed by atoms with Gasteiger partial charge < -0.3 is 20.4 Å². The Morgan fingerprint density at radius 2 is 1.73 bits per heavy atom. The van der Waals surface area contributed by atoms with E-state index < -0.39 is 11.8 Å². The Hall–Kier alpha value is -3.52. The summed E-state index contributed by atoms with van der Waals surface area (Å²) in [5, 5.41) is 14.0.